The lowest BCUT2D eigenvalue weighted by molar-refractivity contribution is 0.0716. The molecule has 1 amide bonds. The van der Waals surface area contributed by atoms with Gasteiger partial charge in [0.15, 0.2) is 11.5 Å². The van der Waals surface area contributed by atoms with Crippen molar-refractivity contribution in [2.75, 3.05) is 21.3 Å². The Morgan fingerprint density at radius 2 is 1.77 bits per heavy atom. The summed E-state index contributed by atoms with van der Waals surface area (Å²) in [5.74, 6) is 1.94. The minimum atomic E-state index is -0.200. The summed E-state index contributed by atoms with van der Waals surface area (Å²) in [5, 5.41) is 8.20. The summed E-state index contributed by atoms with van der Waals surface area (Å²) in [4.78, 5) is 13.8. The van der Waals surface area contributed by atoms with Crippen LogP contribution in [0.2, 0.25) is 0 Å². The highest BCUT2D eigenvalue weighted by molar-refractivity contribution is 7.12. The van der Waals surface area contributed by atoms with E-state index in [2.05, 4.69) is 0 Å². The first-order valence-corrected chi connectivity index (χ1v) is 10.3. The van der Waals surface area contributed by atoms with E-state index >= 15 is 0 Å². The standard InChI is InChI=1S/C23H22N2O4S/c1-27-17-9-6-15(7-10-17)19-14-18(16-8-11-20(28-2)21(13-16)29-3)24-25(19)23(26)22-5-4-12-30-22/h4-13,19H,14H2,1-3H3/t19-/m1/s1. The topological polar surface area (TPSA) is 60.4 Å². The Morgan fingerprint density at radius 3 is 2.40 bits per heavy atom. The van der Waals surface area contributed by atoms with Crippen LogP contribution in [0.4, 0.5) is 0 Å². The van der Waals surface area contributed by atoms with Crippen LogP contribution < -0.4 is 14.2 Å². The van der Waals surface area contributed by atoms with Gasteiger partial charge in [-0.1, -0.05) is 18.2 Å². The largest absolute Gasteiger partial charge is 0.497 e. The Balaban J connectivity index is 1.71. The normalized spacial score (nSPS) is 15.6. The minimum absolute atomic E-state index is 0.110. The summed E-state index contributed by atoms with van der Waals surface area (Å²) < 4.78 is 16.0. The zero-order valence-corrected chi connectivity index (χ0v) is 17.8. The first-order valence-electron chi connectivity index (χ1n) is 9.45. The lowest BCUT2D eigenvalue weighted by Gasteiger charge is -2.21. The lowest BCUT2D eigenvalue weighted by atomic mass is 9.98. The van der Waals surface area contributed by atoms with E-state index in [4.69, 9.17) is 19.3 Å². The van der Waals surface area contributed by atoms with E-state index in [1.807, 2.05) is 60.0 Å². The van der Waals surface area contributed by atoms with E-state index in [9.17, 15) is 4.79 Å². The van der Waals surface area contributed by atoms with Gasteiger partial charge in [-0.05, 0) is 47.3 Å². The van der Waals surface area contributed by atoms with Crippen LogP contribution in [0.1, 0.15) is 33.3 Å². The summed E-state index contributed by atoms with van der Waals surface area (Å²) in [5.41, 5.74) is 2.72. The fourth-order valence-corrected chi connectivity index (χ4v) is 4.14. The van der Waals surface area contributed by atoms with Gasteiger partial charge in [0, 0.05) is 12.0 Å². The maximum Gasteiger partial charge on any atom is 0.284 e. The molecular weight excluding hydrogens is 400 g/mol. The fourth-order valence-electron chi connectivity index (χ4n) is 3.49. The molecule has 0 fully saturated rings. The number of hydrazone groups is 1. The first kappa shape index (κ1) is 20.0. The number of ether oxygens (including phenoxy) is 3. The van der Waals surface area contributed by atoms with Crippen LogP contribution >= 0.6 is 11.3 Å². The van der Waals surface area contributed by atoms with Gasteiger partial charge in [0.05, 0.1) is 38.0 Å². The van der Waals surface area contributed by atoms with E-state index in [0.29, 0.717) is 22.8 Å². The molecule has 2 heterocycles. The Morgan fingerprint density at radius 1 is 1.00 bits per heavy atom. The highest BCUT2D eigenvalue weighted by Crippen LogP contribution is 2.37. The Kier molecular flexibility index (Phi) is 5.72. The van der Waals surface area contributed by atoms with Crippen molar-refractivity contribution >= 4 is 23.0 Å². The summed E-state index contributed by atoms with van der Waals surface area (Å²) in [6.07, 6.45) is 0.596. The molecule has 7 heteroatoms. The highest BCUT2D eigenvalue weighted by Gasteiger charge is 2.34. The van der Waals surface area contributed by atoms with Crippen LogP contribution in [-0.4, -0.2) is 38.0 Å². The van der Waals surface area contributed by atoms with Crippen molar-refractivity contribution in [2.45, 2.75) is 12.5 Å². The number of methoxy groups -OCH3 is 3. The Hall–Kier alpha value is -3.32. The molecule has 0 saturated carbocycles. The summed E-state index contributed by atoms with van der Waals surface area (Å²) >= 11 is 1.41. The predicted molar refractivity (Wildman–Crippen MR) is 117 cm³/mol. The number of benzene rings is 2. The van der Waals surface area contributed by atoms with E-state index in [1.165, 1.54) is 11.3 Å². The first-order chi connectivity index (χ1) is 14.6. The van der Waals surface area contributed by atoms with Gasteiger partial charge in [-0.25, -0.2) is 5.01 Å². The number of nitrogens with zero attached hydrogens (tertiary/aromatic N) is 2. The third-order valence-electron chi connectivity index (χ3n) is 5.07. The Bertz CT molecular complexity index is 1060. The van der Waals surface area contributed by atoms with Crippen LogP contribution in [0.25, 0.3) is 0 Å². The molecule has 2 aromatic carbocycles. The van der Waals surface area contributed by atoms with Gasteiger partial charge in [0.1, 0.15) is 5.75 Å². The van der Waals surface area contributed by atoms with Crippen molar-refractivity contribution in [3.63, 3.8) is 0 Å². The number of carbonyl (C=O) groups is 1. The monoisotopic (exact) mass is 422 g/mol. The predicted octanol–water partition coefficient (Wildman–Crippen LogP) is 4.77. The molecule has 30 heavy (non-hydrogen) atoms. The van der Waals surface area contributed by atoms with Crippen molar-refractivity contribution in [2.24, 2.45) is 5.10 Å². The average molecular weight is 423 g/mol. The van der Waals surface area contributed by atoms with Gasteiger partial charge >= 0.3 is 0 Å². The third kappa shape index (κ3) is 3.76. The van der Waals surface area contributed by atoms with Gasteiger partial charge in [0.25, 0.3) is 5.91 Å². The second-order valence-electron chi connectivity index (χ2n) is 6.74. The maximum absolute atomic E-state index is 13.2. The average Bonchev–Trinajstić information content (AvgIpc) is 3.49. The molecule has 0 saturated heterocycles. The summed E-state index contributed by atoms with van der Waals surface area (Å²) in [6, 6.07) is 16.9. The third-order valence-corrected chi connectivity index (χ3v) is 5.93. The lowest BCUT2D eigenvalue weighted by Crippen LogP contribution is -2.26. The van der Waals surface area contributed by atoms with Crippen molar-refractivity contribution in [3.05, 3.63) is 76.0 Å². The molecule has 0 N–H and O–H groups in total. The molecule has 6 nitrogen and oxygen atoms in total. The summed E-state index contributed by atoms with van der Waals surface area (Å²) in [6.45, 7) is 0. The fraction of sp³-hybridized carbons (Fsp3) is 0.217. The van der Waals surface area contributed by atoms with E-state index in [-0.39, 0.29) is 11.9 Å². The van der Waals surface area contributed by atoms with Gasteiger partial charge in [-0.3, -0.25) is 4.79 Å². The molecule has 154 valence electrons. The minimum Gasteiger partial charge on any atom is -0.497 e. The van der Waals surface area contributed by atoms with Gasteiger partial charge in [-0.2, -0.15) is 5.10 Å². The molecule has 4 rings (SSSR count). The molecule has 0 spiro atoms. The summed E-state index contributed by atoms with van der Waals surface area (Å²) in [7, 11) is 4.84. The quantitative estimate of drug-likeness (QED) is 0.574. The van der Waals surface area contributed by atoms with Crippen LogP contribution in [0, 0.1) is 0 Å². The molecule has 1 atom stereocenters. The SMILES string of the molecule is COc1ccc([C@H]2CC(c3ccc(OC)c(OC)c3)=NN2C(=O)c2cccs2)cc1. The molecule has 3 aromatic rings. The number of hydrogen-bond acceptors (Lipinski definition) is 6. The van der Waals surface area contributed by atoms with E-state index in [0.717, 1.165) is 22.6 Å². The van der Waals surface area contributed by atoms with Crippen molar-refractivity contribution < 1.29 is 19.0 Å². The molecule has 1 aromatic heterocycles. The van der Waals surface area contributed by atoms with Crippen molar-refractivity contribution in [3.8, 4) is 17.2 Å². The van der Waals surface area contributed by atoms with Crippen LogP contribution in [0.5, 0.6) is 17.2 Å². The zero-order valence-electron chi connectivity index (χ0n) is 17.0. The second kappa shape index (κ2) is 8.59. The molecule has 0 bridgehead atoms. The maximum atomic E-state index is 13.2. The number of amides is 1. The van der Waals surface area contributed by atoms with Crippen LogP contribution in [0.15, 0.2) is 65.1 Å². The molecule has 1 aliphatic heterocycles. The van der Waals surface area contributed by atoms with Crippen LogP contribution in [-0.2, 0) is 0 Å². The highest BCUT2D eigenvalue weighted by atomic mass is 32.1. The zero-order chi connectivity index (χ0) is 21.1. The Labute approximate surface area is 179 Å². The molecule has 0 unspecified atom stereocenters. The van der Waals surface area contributed by atoms with Gasteiger partial charge in [-0.15, -0.1) is 11.3 Å². The van der Waals surface area contributed by atoms with Gasteiger partial charge < -0.3 is 14.2 Å². The molecule has 0 aliphatic carbocycles. The number of hydrogen-bond donors (Lipinski definition) is 0. The number of rotatable bonds is 6. The smallest absolute Gasteiger partial charge is 0.284 e. The second-order valence-corrected chi connectivity index (χ2v) is 7.68. The number of carbonyl (C=O) groups excluding carboxylic acids is 1. The molecule has 0 radical (unpaired) electrons. The van der Waals surface area contributed by atoms with Crippen molar-refractivity contribution in [1.29, 1.82) is 0 Å². The van der Waals surface area contributed by atoms with E-state index < -0.39 is 0 Å². The number of thiophene rings is 1. The molecule has 1 aliphatic rings. The van der Waals surface area contributed by atoms with Gasteiger partial charge in [0.2, 0.25) is 0 Å². The molecular formula is C23H22N2O4S. The van der Waals surface area contributed by atoms with Crippen molar-refractivity contribution in [1.82, 2.24) is 5.01 Å². The van der Waals surface area contributed by atoms with E-state index in [1.54, 1.807) is 26.3 Å². The van der Waals surface area contributed by atoms with Crippen LogP contribution in [0.3, 0.4) is 0 Å².